The molecule has 0 aliphatic carbocycles. The number of aryl methyl sites for hydroxylation is 1. The van der Waals surface area contributed by atoms with Crippen LogP contribution in [0.15, 0.2) is 16.7 Å². The summed E-state index contributed by atoms with van der Waals surface area (Å²) < 4.78 is 21.9. The highest BCUT2D eigenvalue weighted by Gasteiger charge is 1.92. The number of nitrogens with two attached hydrogens (primary N) is 1. The molecule has 0 saturated heterocycles. The molecule has 0 saturated carbocycles. The lowest BCUT2D eigenvalue weighted by Crippen LogP contribution is -1.91. The summed E-state index contributed by atoms with van der Waals surface area (Å²) in [6.45, 7) is -2.19. The van der Waals surface area contributed by atoms with Crippen LogP contribution in [0.5, 0.6) is 0 Å². The topological polar surface area (TPSA) is 38.9 Å². The molecule has 0 amide bonds. The molecule has 2 N–H and O–H groups in total. The highest BCUT2D eigenvalue weighted by atomic mass is 79.9. The predicted molar refractivity (Wildman–Crippen MR) is 41.1 cm³/mol. The summed E-state index contributed by atoms with van der Waals surface area (Å²) in [5.74, 6) is 0.0539. The normalized spacial score (nSPS) is 15.9. The fourth-order valence-electron chi connectivity index (χ4n) is 0.450. The Bertz CT molecular complexity index is 297. The molecule has 0 spiro atoms. The minimum atomic E-state index is -2.19. The van der Waals surface area contributed by atoms with Gasteiger partial charge in [-0.3, -0.25) is 0 Å². The Morgan fingerprint density at radius 3 is 3.22 bits per heavy atom. The molecule has 0 radical (unpaired) electrons. The molecule has 48 valence electrons. The molecule has 1 rings (SSSR count). The van der Waals surface area contributed by atoms with Crippen molar-refractivity contribution in [3.63, 3.8) is 0 Å². The van der Waals surface area contributed by atoms with Gasteiger partial charge in [0.2, 0.25) is 0 Å². The van der Waals surface area contributed by atoms with Crippen LogP contribution in [0.25, 0.3) is 0 Å². The van der Waals surface area contributed by atoms with Crippen LogP contribution in [-0.2, 0) is 0 Å². The van der Waals surface area contributed by atoms with E-state index in [1.54, 1.807) is 0 Å². The van der Waals surface area contributed by atoms with Crippen molar-refractivity contribution in [1.29, 1.82) is 0 Å². The van der Waals surface area contributed by atoms with Crippen LogP contribution < -0.4 is 5.73 Å². The van der Waals surface area contributed by atoms with Gasteiger partial charge >= 0.3 is 0 Å². The maximum absolute atomic E-state index is 7.10. The van der Waals surface area contributed by atoms with Gasteiger partial charge in [0.05, 0.1) is 0 Å². The van der Waals surface area contributed by atoms with Crippen molar-refractivity contribution in [2.45, 2.75) is 6.85 Å². The highest BCUT2D eigenvalue weighted by Crippen LogP contribution is 2.13. The Morgan fingerprint density at radius 1 is 1.89 bits per heavy atom. The van der Waals surface area contributed by atoms with E-state index in [2.05, 4.69) is 20.9 Å². The first kappa shape index (κ1) is 3.56. The zero-order valence-electron chi connectivity index (χ0n) is 7.56. The second kappa shape index (κ2) is 2.35. The van der Waals surface area contributed by atoms with Gasteiger partial charge in [-0.15, -0.1) is 0 Å². The average molecular weight is 195 g/mol. The van der Waals surface area contributed by atoms with Crippen LogP contribution >= 0.6 is 15.9 Å². The molecule has 2 nitrogen and oxygen atoms in total. The van der Waals surface area contributed by atoms with E-state index >= 15 is 0 Å². The van der Waals surface area contributed by atoms with Gasteiger partial charge in [0, 0.05) is 14.8 Å². The monoisotopic (exact) mass is 194 g/mol. The van der Waals surface area contributed by atoms with Gasteiger partial charge in [-0.2, -0.15) is 0 Å². The molecule has 0 aliphatic heterocycles. The maximum atomic E-state index is 7.10. The summed E-state index contributed by atoms with van der Waals surface area (Å²) in [6, 6.07) is 1.45. The molecule has 0 aromatic carbocycles. The molecule has 1 aromatic rings. The molecular formula is C6H7BrN2. The molecule has 0 fully saturated rings. The standard InChI is InChI=1S/C6H7BrN2/c1-4-2-5(7)3-9-6(4)8/h2-3H,1H3,(H2,8,9)/i1+1D3,4+1,5+1,6+1,9+1. The third-order valence-corrected chi connectivity index (χ3v) is 1.32. The van der Waals surface area contributed by atoms with Crippen molar-refractivity contribution in [1.82, 2.24) is 4.98 Å². The lowest BCUT2D eigenvalue weighted by atomic mass is 10.9. The number of hydrogen-bond acceptors (Lipinski definition) is 2. The molecule has 9 heavy (non-hydrogen) atoms. The number of aromatic nitrogens is 1. The zero-order chi connectivity index (χ0) is 9.35. The smallest absolute Gasteiger partial charge is 0.126 e. The van der Waals surface area contributed by atoms with Crippen LogP contribution in [0.3, 0.4) is 0 Å². The van der Waals surface area contributed by atoms with E-state index in [0.29, 0.717) is 4.47 Å². The van der Waals surface area contributed by atoms with Crippen molar-refractivity contribution in [2.75, 3.05) is 5.73 Å². The number of anilines is 1. The van der Waals surface area contributed by atoms with Gasteiger partial charge in [0.1, 0.15) is 5.82 Å². The van der Waals surface area contributed by atoms with E-state index in [0.717, 1.165) is 0 Å². The van der Waals surface area contributed by atoms with E-state index in [-0.39, 0.29) is 11.4 Å². The van der Waals surface area contributed by atoms with Crippen molar-refractivity contribution >= 4 is 21.7 Å². The quantitative estimate of drug-likeness (QED) is 0.640. The van der Waals surface area contributed by atoms with Crippen LogP contribution in [0.1, 0.15) is 9.68 Å². The number of nitrogens with zero attached hydrogens (tertiary/aromatic N) is 1. The summed E-state index contributed by atoms with van der Waals surface area (Å²) in [5.41, 5.74) is 5.46. The van der Waals surface area contributed by atoms with Gasteiger partial charge in [0.25, 0.3) is 0 Å². The van der Waals surface area contributed by atoms with E-state index in [1.807, 2.05) is 0 Å². The average Bonchev–Trinajstić information content (AvgIpc) is 1.92. The second-order valence-corrected chi connectivity index (χ2v) is 2.50. The third-order valence-electron chi connectivity index (χ3n) is 0.885. The number of nitrogen functional groups attached to an aromatic ring is 1. The summed E-state index contributed by atoms with van der Waals surface area (Å²) >= 11 is 3.12. The largest absolute Gasteiger partial charge is 0.383 e. The highest BCUT2D eigenvalue weighted by molar-refractivity contribution is 9.10. The Balaban J connectivity index is 3.23. The maximum Gasteiger partial charge on any atom is 0.126 e. The fourth-order valence-corrected chi connectivity index (χ4v) is 0.781. The van der Waals surface area contributed by atoms with E-state index in [4.69, 9.17) is 9.85 Å². The lowest BCUT2D eigenvalue weighted by molar-refractivity contribution is 1.26. The zero-order valence-corrected chi connectivity index (χ0v) is 6.14. The minimum absolute atomic E-state index is 0.0539. The van der Waals surface area contributed by atoms with Crippen molar-refractivity contribution in [2.24, 2.45) is 0 Å². The van der Waals surface area contributed by atoms with E-state index in [9.17, 15) is 0 Å². The summed E-state index contributed by atoms with van der Waals surface area (Å²) in [6.07, 6.45) is 1.46. The number of rotatable bonds is 0. The van der Waals surface area contributed by atoms with Crippen molar-refractivity contribution < 1.29 is 4.11 Å². The second-order valence-electron chi connectivity index (χ2n) is 1.59. The summed E-state index contributed by atoms with van der Waals surface area (Å²) in [7, 11) is 0. The molecule has 1 heterocycles. The summed E-state index contributed by atoms with van der Waals surface area (Å²) in [5, 5.41) is 0. The van der Waals surface area contributed by atoms with Gasteiger partial charge in [-0.1, -0.05) is 0 Å². The first-order chi connectivity index (χ1) is 5.41. The SMILES string of the molecule is [2H][13C]([2H])([2H])[13c]1c[13c](Br)c[15n][13c]1N. The molecule has 0 aliphatic rings. The molecule has 0 atom stereocenters. The fraction of sp³-hybridized carbons (Fsp3) is 0.167. The molecule has 3 heteroatoms. The minimum Gasteiger partial charge on any atom is -0.383 e. The van der Waals surface area contributed by atoms with Crippen LogP contribution in [0, 0.1) is 6.85 Å². The third kappa shape index (κ3) is 1.42. The van der Waals surface area contributed by atoms with Crippen LogP contribution in [0.4, 0.5) is 5.82 Å². The lowest BCUT2D eigenvalue weighted by Gasteiger charge is -1.96. The molecular weight excluding hydrogens is 185 g/mol. The van der Waals surface area contributed by atoms with E-state index < -0.39 is 6.85 Å². The molecule has 0 unspecified atom stereocenters. The number of pyridine rings is 1. The molecule has 0 bridgehead atoms. The molecule has 1 aromatic heterocycles. The van der Waals surface area contributed by atoms with Gasteiger partial charge in [-0.25, -0.2) is 4.98 Å². The van der Waals surface area contributed by atoms with Crippen molar-refractivity contribution in [3.8, 4) is 0 Å². The van der Waals surface area contributed by atoms with Gasteiger partial charge < -0.3 is 5.73 Å². The van der Waals surface area contributed by atoms with Gasteiger partial charge in [0.15, 0.2) is 0 Å². The predicted octanol–water partition coefficient (Wildman–Crippen LogP) is 1.73. The Hall–Kier alpha value is -0.570. The first-order valence-electron chi connectivity index (χ1n) is 3.83. The van der Waals surface area contributed by atoms with Crippen LogP contribution in [-0.4, -0.2) is 4.98 Å². The van der Waals surface area contributed by atoms with Crippen molar-refractivity contribution in [3.05, 3.63) is 22.3 Å². The number of halogens is 1. The number of hydrogen-bond donors (Lipinski definition) is 1. The Labute approximate surface area is 66.4 Å². The summed E-state index contributed by atoms with van der Waals surface area (Å²) in [4.78, 5) is 3.72. The Kier molecular flexibility index (Phi) is 0.931. The van der Waals surface area contributed by atoms with E-state index in [1.165, 1.54) is 12.3 Å². The van der Waals surface area contributed by atoms with Crippen LogP contribution in [0.2, 0.25) is 0 Å². The first-order valence-corrected chi connectivity index (χ1v) is 3.12. The van der Waals surface area contributed by atoms with Gasteiger partial charge in [-0.05, 0) is 34.4 Å². The Morgan fingerprint density at radius 2 is 2.67 bits per heavy atom.